The van der Waals surface area contributed by atoms with Crippen LogP contribution in [0.3, 0.4) is 0 Å². The molecule has 1 aliphatic heterocycles. The van der Waals surface area contributed by atoms with Crippen molar-refractivity contribution in [1.82, 2.24) is 15.2 Å². The van der Waals surface area contributed by atoms with E-state index in [1.54, 1.807) is 18.0 Å². The molecule has 0 aromatic carbocycles. The molecule has 2 rings (SSSR count). The van der Waals surface area contributed by atoms with Crippen LogP contribution in [0.4, 0.5) is 4.39 Å². The van der Waals surface area contributed by atoms with Crippen LogP contribution in [-0.4, -0.2) is 35.4 Å². The summed E-state index contributed by atoms with van der Waals surface area (Å²) in [6.45, 7) is 2.70. The Morgan fingerprint density at radius 1 is 1.59 bits per heavy atom. The van der Waals surface area contributed by atoms with Crippen LogP contribution < -0.4 is 5.32 Å². The lowest BCUT2D eigenvalue weighted by Crippen LogP contribution is -2.38. The quantitative estimate of drug-likeness (QED) is 0.856. The number of halogens is 1. The summed E-state index contributed by atoms with van der Waals surface area (Å²) in [5.41, 5.74) is 0.744. The Balaban J connectivity index is 1.99. The average Bonchev–Trinajstić information content (AvgIpc) is 2.62. The van der Waals surface area contributed by atoms with Crippen LogP contribution in [0.2, 0.25) is 0 Å². The van der Waals surface area contributed by atoms with Crippen molar-refractivity contribution in [2.75, 3.05) is 13.6 Å². The number of nitrogens with zero attached hydrogens (tertiary/aromatic N) is 2. The summed E-state index contributed by atoms with van der Waals surface area (Å²) in [5.74, 6) is -0.239. The number of amides is 1. The number of hydrogen-bond acceptors (Lipinski definition) is 3. The Hall–Kier alpha value is -1.49. The van der Waals surface area contributed by atoms with Gasteiger partial charge in [0.15, 0.2) is 0 Å². The topological polar surface area (TPSA) is 45.2 Å². The summed E-state index contributed by atoms with van der Waals surface area (Å²) in [6, 6.07) is 2.80. The third-order valence-electron chi connectivity index (χ3n) is 3.07. The zero-order valence-corrected chi connectivity index (χ0v) is 9.98. The summed E-state index contributed by atoms with van der Waals surface area (Å²) in [6.07, 6.45) is 2.00. The van der Waals surface area contributed by atoms with Gasteiger partial charge in [-0.25, -0.2) is 4.39 Å². The van der Waals surface area contributed by atoms with Crippen molar-refractivity contribution >= 4 is 5.91 Å². The Morgan fingerprint density at radius 3 is 2.88 bits per heavy atom. The maximum atomic E-state index is 12.7. The van der Waals surface area contributed by atoms with Gasteiger partial charge in [0.1, 0.15) is 5.82 Å². The zero-order chi connectivity index (χ0) is 12.4. The molecule has 1 saturated heterocycles. The van der Waals surface area contributed by atoms with Gasteiger partial charge in [0.25, 0.3) is 0 Å². The molecule has 17 heavy (non-hydrogen) atoms. The number of nitrogens with one attached hydrogen (secondary N) is 1. The van der Waals surface area contributed by atoms with Crippen LogP contribution in [0.1, 0.15) is 25.1 Å². The Kier molecular flexibility index (Phi) is 3.38. The van der Waals surface area contributed by atoms with Crippen molar-refractivity contribution in [3.8, 4) is 0 Å². The minimum atomic E-state index is -0.349. The Bertz CT molecular complexity index is 407. The summed E-state index contributed by atoms with van der Waals surface area (Å²) in [4.78, 5) is 17.4. The molecule has 1 fully saturated rings. The fourth-order valence-corrected chi connectivity index (χ4v) is 2.01. The third-order valence-corrected chi connectivity index (χ3v) is 3.07. The first-order valence-corrected chi connectivity index (χ1v) is 5.70. The molecule has 0 bridgehead atoms. The van der Waals surface area contributed by atoms with Gasteiger partial charge >= 0.3 is 0 Å². The molecule has 0 spiro atoms. The van der Waals surface area contributed by atoms with Gasteiger partial charge in [0, 0.05) is 19.6 Å². The monoisotopic (exact) mass is 237 g/mol. The predicted octanol–water partition coefficient (Wildman–Crippen LogP) is 1.10. The van der Waals surface area contributed by atoms with Gasteiger partial charge in [-0.05, 0) is 25.5 Å². The van der Waals surface area contributed by atoms with Crippen LogP contribution in [0.5, 0.6) is 0 Å². The number of carbonyl (C=O) groups is 1. The molecule has 92 valence electrons. The Labute approximate surface area is 99.8 Å². The van der Waals surface area contributed by atoms with E-state index >= 15 is 0 Å². The van der Waals surface area contributed by atoms with E-state index in [1.807, 2.05) is 6.92 Å². The Morgan fingerprint density at radius 2 is 2.35 bits per heavy atom. The lowest BCUT2D eigenvalue weighted by molar-refractivity contribution is -0.128. The lowest BCUT2D eigenvalue weighted by Gasteiger charge is -2.18. The van der Waals surface area contributed by atoms with Gasteiger partial charge in [-0.15, -0.1) is 0 Å². The summed E-state index contributed by atoms with van der Waals surface area (Å²) >= 11 is 0. The molecule has 0 radical (unpaired) electrons. The molecule has 5 heteroatoms. The van der Waals surface area contributed by atoms with Crippen molar-refractivity contribution < 1.29 is 9.18 Å². The van der Waals surface area contributed by atoms with E-state index in [0.717, 1.165) is 18.7 Å². The molecule has 0 saturated carbocycles. The van der Waals surface area contributed by atoms with Crippen molar-refractivity contribution in [1.29, 1.82) is 0 Å². The van der Waals surface area contributed by atoms with Gasteiger partial charge in [-0.1, -0.05) is 0 Å². The van der Waals surface area contributed by atoms with E-state index in [-0.39, 0.29) is 23.8 Å². The summed E-state index contributed by atoms with van der Waals surface area (Å²) in [7, 11) is 1.80. The highest BCUT2D eigenvalue weighted by Gasteiger charge is 2.30. The number of hydrogen-bond donors (Lipinski definition) is 1. The highest BCUT2D eigenvalue weighted by atomic mass is 19.1. The molecule has 4 nitrogen and oxygen atoms in total. The standard InChI is InChI=1S/C12H16FN3O/c1-8(10-4-3-9(13)7-14-10)15-11-5-6-16(2)12(11)17/h3-4,7-8,11,15H,5-6H2,1-2H3. The number of aromatic nitrogens is 1. The van der Waals surface area contributed by atoms with Gasteiger partial charge < -0.3 is 4.90 Å². The molecule has 2 unspecified atom stereocenters. The SMILES string of the molecule is CC(NC1CCN(C)C1=O)c1ccc(F)cn1. The zero-order valence-electron chi connectivity index (χ0n) is 9.98. The molecule has 1 aliphatic rings. The van der Waals surface area contributed by atoms with E-state index in [9.17, 15) is 9.18 Å². The maximum absolute atomic E-state index is 12.7. The molecule has 1 N–H and O–H groups in total. The normalized spacial score (nSPS) is 21.9. The van der Waals surface area contributed by atoms with E-state index in [2.05, 4.69) is 10.3 Å². The second kappa shape index (κ2) is 4.79. The fraction of sp³-hybridized carbons (Fsp3) is 0.500. The lowest BCUT2D eigenvalue weighted by atomic mass is 10.1. The van der Waals surface area contributed by atoms with Crippen LogP contribution >= 0.6 is 0 Å². The second-order valence-electron chi connectivity index (χ2n) is 4.39. The van der Waals surface area contributed by atoms with Gasteiger partial charge in [0.05, 0.1) is 17.9 Å². The van der Waals surface area contributed by atoms with Gasteiger partial charge in [0.2, 0.25) is 5.91 Å². The average molecular weight is 237 g/mol. The highest BCUT2D eigenvalue weighted by Crippen LogP contribution is 2.15. The number of likely N-dealkylation sites (N-methyl/N-ethyl adjacent to an activating group) is 1. The maximum Gasteiger partial charge on any atom is 0.239 e. The van der Waals surface area contributed by atoms with Crippen molar-refractivity contribution in [2.24, 2.45) is 0 Å². The highest BCUT2D eigenvalue weighted by molar-refractivity contribution is 5.83. The van der Waals surface area contributed by atoms with Crippen molar-refractivity contribution in [3.63, 3.8) is 0 Å². The van der Waals surface area contributed by atoms with Crippen LogP contribution in [0, 0.1) is 5.82 Å². The van der Waals surface area contributed by atoms with Crippen LogP contribution in [-0.2, 0) is 4.79 Å². The van der Waals surface area contributed by atoms with Crippen LogP contribution in [0.15, 0.2) is 18.3 Å². The van der Waals surface area contributed by atoms with Crippen molar-refractivity contribution in [2.45, 2.75) is 25.4 Å². The molecule has 2 heterocycles. The number of pyridine rings is 1. The minimum Gasteiger partial charge on any atom is -0.344 e. The summed E-state index contributed by atoms with van der Waals surface area (Å²) < 4.78 is 12.7. The molecule has 1 aromatic rings. The van der Waals surface area contributed by atoms with E-state index < -0.39 is 0 Å². The molecule has 1 aromatic heterocycles. The first-order chi connectivity index (χ1) is 8.08. The summed E-state index contributed by atoms with van der Waals surface area (Å²) in [5, 5.41) is 3.22. The number of rotatable bonds is 3. The smallest absolute Gasteiger partial charge is 0.239 e. The predicted molar refractivity (Wildman–Crippen MR) is 61.8 cm³/mol. The second-order valence-corrected chi connectivity index (χ2v) is 4.39. The largest absolute Gasteiger partial charge is 0.344 e. The number of carbonyl (C=O) groups excluding carboxylic acids is 1. The van der Waals surface area contributed by atoms with Crippen LogP contribution in [0.25, 0.3) is 0 Å². The van der Waals surface area contributed by atoms with E-state index in [4.69, 9.17) is 0 Å². The molecular weight excluding hydrogens is 221 g/mol. The fourth-order valence-electron chi connectivity index (χ4n) is 2.01. The van der Waals surface area contributed by atoms with Gasteiger partial charge in [-0.2, -0.15) is 0 Å². The minimum absolute atomic E-state index is 0.0592. The number of likely N-dealkylation sites (tertiary alicyclic amines) is 1. The van der Waals surface area contributed by atoms with Crippen molar-refractivity contribution in [3.05, 3.63) is 29.8 Å². The molecule has 0 aliphatic carbocycles. The van der Waals surface area contributed by atoms with E-state index in [1.165, 1.54) is 12.3 Å². The van der Waals surface area contributed by atoms with Gasteiger partial charge in [-0.3, -0.25) is 15.1 Å². The molecular formula is C12H16FN3O. The van der Waals surface area contributed by atoms with E-state index in [0.29, 0.717) is 0 Å². The first kappa shape index (κ1) is 12.0. The third kappa shape index (κ3) is 2.61. The first-order valence-electron chi connectivity index (χ1n) is 5.70. The molecule has 1 amide bonds. The molecule has 2 atom stereocenters.